The number of nitrogens with one attached hydrogen (secondary N) is 1. The third kappa shape index (κ3) is 5.02. The maximum Gasteiger partial charge on any atom is 0.226 e. The SMILES string of the molecule is CN1CCN(c2ccccc2CNC(=O)Cc2csc(-c3ccccc3)n2)CC1. The minimum atomic E-state index is 0.00286. The van der Waals surface area contributed by atoms with Crippen molar-refractivity contribution in [2.75, 3.05) is 38.1 Å². The van der Waals surface area contributed by atoms with E-state index in [1.807, 2.05) is 41.8 Å². The first-order chi connectivity index (χ1) is 14.2. The van der Waals surface area contributed by atoms with Gasteiger partial charge in [-0.05, 0) is 18.7 Å². The molecule has 2 aromatic carbocycles. The Bertz CT molecular complexity index is 948. The van der Waals surface area contributed by atoms with Crippen molar-refractivity contribution >= 4 is 22.9 Å². The summed E-state index contributed by atoms with van der Waals surface area (Å²) in [5.74, 6) is 0.00286. The van der Waals surface area contributed by atoms with Crippen LogP contribution < -0.4 is 10.2 Å². The highest BCUT2D eigenvalue weighted by Gasteiger charge is 2.17. The number of hydrogen-bond donors (Lipinski definition) is 1. The lowest BCUT2D eigenvalue weighted by Gasteiger charge is -2.35. The maximum absolute atomic E-state index is 12.5. The highest BCUT2D eigenvalue weighted by molar-refractivity contribution is 7.13. The van der Waals surface area contributed by atoms with Crippen molar-refractivity contribution in [2.45, 2.75) is 13.0 Å². The number of rotatable bonds is 6. The Morgan fingerprint density at radius 3 is 2.55 bits per heavy atom. The molecule has 0 aliphatic carbocycles. The van der Waals surface area contributed by atoms with Gasteiger partial charge in [0, 0.05) is 49.4 Å². The molecule has 0 atom stereocenters. The number of thiazole rings is 1. The van der Waals surface area contributed by atoms with Gasteiger partial charge in [-0.25, -0.2) is 4.98 Å². The molecule has 1 amide bonds. The van der Waals surface area contributed by atoms with E-state index in [4.69, 9.17) is 0 Å². The van der Waals surface area contributed by atoms with Crippen LogP contribution in [0, 0.1) is 0 Å². The molecule has 1 N–H and O–H groups in total. The van der Waals surface area contributed by atoms with Gasteiger partial charge in [0.15, 0.2) is 0 Å². The van der Waals surface area contributed by atoms with Crippen molar-refractivity contribution in [2.24, 2.45) is 0 Å². The Hall–Kier alpha value is -2.70. The first kappa shape index (κ1) is 19.6. The molecule has 1 saturated heterocycles. The zero-order valence-corrected chi connectivity index (χ0v) is 17.5. The Labute approximate surface area is 176 Å². The van der Waals surface area contributed by atoms with Gasteiger partial charge in [-0.3, -0.25) is 4.79 Å². The Balaban J connectivity index is 1.35. The number of piperazine rings is 1. The van der Waals surface area contributed by atoms with E-state index >= 15 is 0 Å². The zero-order chi connectivity index (χ0) is 20.1. The van der Waals surface area contributed by atoms with Crippen LogP contribution in [0.25, 0.3) is 10.6 Å². The molecule has 1 aliphatic heterocycles. The zero-order valence-electron chi connectivity index (χ0n) is 16.7. The fourth-order valence-corrected chi connectivity index (χ4v) is 4.36. The van der Waals surface area contributed by atoms with Crippen molar-refractivity contribution in [1.29, 1.82) is 0 Å². The second-order valence-corrected chi connectivity index (χ2v) is 8.24. The molecule has 0 unspecified atom stereocenters. The molecule has 5 nitrogen and oxygen atoms in total. The minimum absolute atomic E-state index is 0.00286. The van der Waals surface area contributed by atoms with Gasteiger partial charge in [0.2, 0.25) is 5.91 Å². The largest absolute Gasteiger partial charge is 0.369 e. The first-order valence-electron chi connectivity index (χ1n) is 9.97. The Kier molecular flexibility index (Phi) is 6.22. The number of carbonyl (C=O) groups is 1. The number of hydrogen-bond acceptors (Lipinski definition) is 5. The first-order valence-corrected chi connectivity index (χ1v) is 10.8. The molecule has 1 aliphatic rings. The molecule has 1 aromatic heterocycles. The van der Waals surface area contributed by atoms with Gasteiger partial charge >= 0.3 is 0 Å². The summed E-state index contributed by atoms with van der Waals surface area (Å²) in [5.41, 5.74) is 4.29. The van der Waals surface area contributed by atoms with Crippen LogP contribution in [0.15, 0.2) is 60.0 Å². The third-order valence-corrected chi connectivity index (χ3v) is 6.17. The number of para-hydroxylation sites is 1. The molecule has 0 radical (unpaired) electrons. The van der Waals surface area contributed by atoms with E-state index in [1.165, 1.54) is 5.69 Å². The number of anilines is 1. The lowest BCUT2D eigenvalue weighted by molar-refractivity contribution is -0.120. The molecular weight excluding hydrogens is 380 g/mol. The van der Waals surface area contributed by atoms with Gasteiger partial charge in [0.25, 0.3) is 0 Å². The monoisotopic (exact) mass is 406 g/mol. The van der Waals surface area contributed by atoms with Crippen molar-refractivity contribution in [3.63, 3.8) is 0 Å². The van der Waals surface area contributed by atoms with E-state index in [0.717, 1.165) is 48.0 Å². The van der Waals surface area contributed by atoms with Crippen LogP contribution >= 0.6 is 11.3 Å². The number of aromatic nitrogens is 1. The van der Waals surface area contributed by atoms with E-state index in [0.29, 0.717) is 13.0 Å². The number of likely N-dealkylation sites (N-methyl/N-ethyl adjacent to an activating group) is 1. The lowest BCUT2D eigenvalue weighted by atomic mass is 10.1. The smallest absolute Gasteiger partial charge is 0.226 e. The van der Waals surface area contributed by atoms with Gasteiger partial charge in [0.05, 0.1) is 12.1 Å². The van der Waals surface area contributed by atoms with Crippen LogP contribution in [0.1, 0.15) is 11.3 Å². The molecule has 0 bridgehead atoms. The van der Waals surface area contributed by atoms with Crippen LogP contribution in [0.5, 0.6) is 0 Å². The standard InChI is InChI=1S/C23H26N4OS/c1-26-11-13-27(14-12-26)21-10-6-5-9-19(21)16-24-22(28)15-20-17-29-23(25-20)18-7-3-2-4-8-18/h2-10,17H,11-16H2,1H3,(H,24,28). The van der Waals surface area contributed by atoms with Gasteiger partial charge in [-0.2, -0.15) is 0 Å². The van der Waals surface area contributed by atoms with Crippen molar-refractivity contribution in [1.82, 2.24) is 15.2 Å². The quantitative estimate of drug-likeness (QED) is 0.681. The van der Waals surface area contributed by atoms with Crippen LogP contribution in [0.2, 0.25) is 0 Å². The molecule has 0 saturated carbocycles. The van der Waals surface area contributed by atoms with Crippen molar-refractivity contribution < 1.29 is 4.79 Å². The predicted octanol–water partition coefficient (Wildman–Crippen LogP) is 3.42. The fourth-order valence-electron chi connectivity index (χ4n) is 3.54. The van der Waals surface area contributed by atoms with E-state index in [-0.39, 0.29) is 5.91 Å². The van der Waals surface area contributed by atoms with E-state index in [9.17, 15) is 4.79 Å². The highest BCUT2D eigenvalue weighted by atomic mass is 32.1. The van der Waals surface area contributed by atoms with Gasteiger partial charge in [-0.1, -0.05) is 48.5 Å². The fraction of sp³-hybridized carbons (Fsp3) is 0.304. The van der Waals surface area contributed by atoms with E-state index in [1.54, 1.807) is 11.3 Å². The normalized spacial score (nSPS) is 14.7. The average Bonchev–Trinajstić information content (AvgIpc) is 3.22. The Morgan fingerprint density at radius 2 is 1.76 bits per heavy atom. The molecule has 2 heterocycles. The van der Waals surface area contributed by atoms with Crippen LogP contribution in [0.4, 0.5) is 5.69 Å². The van der Waals surface area contributed by atoms with Crippen molar-refractivity contribution in [3.05, 3.63) is 71.2 Å². The van der Waals surface area contributed by atoms with E-state index < -0.39 is 0 Å². The molecule has 150 valence electrons. The maximum atomic E-state index is 12.5. The third-order valence-electron chi connectivity index (χ3n) is 5.23. The summed E-state index contributed by atoms with van der Waals surface area (Å²) in [7, 11) is 2.16. The molecule has 0 spiro atoms. The summed E-state index contributed by atoms with van der Waals surface area (Å²) >= 11 is 1.58. The highest BCUT2D eigenvalue weighted by Crippen LogP contribution is 2.24. The van der Waals surface area contributed by atoms with Gasteiger partial charge in [0.1, 0.15) is 5.01 Å². The topological polar surface area (TPSA) is 48.5 Å². The minimum Gasteiger partial charge on any atom is -0.369 e. The lowest BCUT2D eigenvalue weighted by Crippen LogP contribution is -2.45. The number of benzene rings is 2. The van der Waals surface area contributed by atoms with Gasteiger partial charge in [-0.15, -0.1) is 11.3 Å². The number of nitrogens with zero attached hydrogens (tertiary/aromatic N) is 3. The summed E-state index contributed by atoms with van der Waals surface area (Å²) in [6.07, 6.45) is 0.306. The summed E-state index contributed by atoms with van der Waals surface area (Å²) < 4.78 is 0. The number of amides is 1. The summed E-state index contributed by atoms with van der Waals surface area (Å²) in [6.45, 7) is 4.70. The van der Waals surface area contributed by atoms with Crippen LogP contribution in [-0.2, 0) is 17.8 Å². The summed E-state index contributed by atoms with van der Waals surface area (Å²) in [4.78, 5) is 21.9. The van der Waals surface area contributed by atoms with E-state index in [2.05, 4.69) is 45.3 Å². The molecule has 4 rings (SSSR count). The average molecular weight is 407 g/mol. The second kappa shape index (κ2) is 9.20. The van der Waals surface area contributed by atoms with Gasteiger partial charge < -0.3 is 15.1 Å². The van der Waals surface area contributed by atoms with Crippen LogP contribution in [-0.4, -0.2) is 49.0 Å². The van der Waals surface area contributed by atoms with Crippen molar-refractivity contribution in [3.8, 4) is 10.6 Å². The second-order valence-electron chi connectivity index (χ2n) is 7.38. The Morgan fingerprint density at radius 1 is 1.03 bits per heavy atom. The molecule has 6 heteroatoms. The number of carbonyl (C=O) groups excluding carboxylic acids is 1. The molecule has 1 fully saturated rings. The molecular formula is C23H26N4OS. The van der Waals surface area contributed by atoms with Crippen LogP contribution in [0.3, 0.4) is 0 Å². The molecule has 3 aromatic rings. The predicted molar refractivity (Wildman–Crippen MR) is 119 cm³/mol. The summed E-state index contributed by atoms with van der Waals surface area (Å²) in [6, 6.07) is 18.4. The summed E-state index contributed by atoms with van der Waals surface area (Å²) in [5, 5.41) is 6.00. The molecule has 29 heavy (non-hydrogen) atoms.